The number of aliphatic imine (C=N–C) groups is 1. The fraction of sp³-hybridized carbons (Fsp3) is 0.417. The van der Waals surface area contributed by atoms with Crippen molar-refractivity contribution in [2.75, 3.05) is 13.7 Å². The summed E-state index contributed by atoms with van der Waals surface area (Å²) in [4.78, 5) is 33.2. The zero-order chi connectivity index (χ0) is 14.6. The van der Waals surface area contributed by atoms with Crippen molar-refractivity contribution in [1.29, 1.82) is 0 Å². The molecule has 0 aliphatic carbocycles. The van der Waals surface area contributed by atoms with E-state index in [1.165, 1.54) is 13.2 Å². The van der Waals surface area contributed by atoms with Crippen LogP contribution in [-0.2, 0) is 19.1 Å². The van der Waals surface area contributed by atoms with Crippen LogP contribution in [0.4, 0.5) is 0 Å². The van der Waals surface area contributed by atoms with Crippen LogP contribution < -0.4 is 0 Å². The van der Waals surface area contributed by atoms with Crippen LogP contribution in [0.1, 0.15) is 19.8 Å². The molecule has 0 fully saturated rings. The number of ether oxygens (including phenoxy) is 1. The van der Waals surface area contributed by atoms with Crippen molar-refractivity contribution >= 4 is 18.0 Å². The van der Waals surface area contributed by atoms with Crippen LogP contribution in [0.3, 0.4) is 0 Å². The van der Waals surface area contributed by atoms with Crippen LogP contribution in [0.25, 0.3) is 0 Å². The van der Waals surface area contributed by atoms with Gasteiger partial charge in [0.1, 0.15) is 0 Å². The Bertz CT molecular complexity index is 367. The maximum atomic E-state index is 10.2. The Labute approximate surface area is 106 Å². The van der Waals surface area contributed by atoms with Crippen molar-refractivity contribution < 1.29 is 24.2 Å². The molecule has 0 aliphatic rings. The minimum absolute atomic E-state index is 0.145. The largest absolute Gasteiger partial charge is 0.478 e. The lowest BCUT2D eigenvalue weighted by atomic mass is 10.2. The summed E-state index contributed by atoms with van der Waals surface area (Å²) in [7, 11) is 1.33. The number of carbonyl (C=O) groups is 2. The second kappa shape index (κ2) is 11.3. The van der Waals surface area contributed by atoms with E-state index in [0.29, 0.717) is 25.0 Å². The highest BCUT2D eigenvalue weighted by Gasteiger charge is 2.01. The lowest BCUT2D eigenvalue weighted by Gasteiger charge is -1.95. The Morgan fingerprint density at radius 3 is 2.22 bits per heavy atom. The lowest BCUT2D eigenvalue weighted by molar-refractivity contribution is -0.136. The maximum Gasteiger partial charge on any atom is 0.332 e. The fourth-order valence-electron chi connectivity index (χ4n) is 0.698. The number of rotatable bonds is 6. The first-order chi connectivity index (χ1) is 8.36. The first-order valence-corrected chi connectivity index (χ1v) is 5.05. The molecule has 0 aromatic carbocycles. The van der Waals surface area contributed by atoms with E-state index >= 15 is 0 Å². The summed E-state index contributed by atoms with van der Waals surface area (Å²) in [5.74, 6) is -1.35. The summed E-state index contributed by atoms with van der Waals surface area (Å²) in [5.41, 5.74) is 0.577. The summed E-state index contributed by atoms with van der Waals surface area (Å²) in [6.07, 6.45) is 2.26. The number of carbonyl (C=O) groups excluding carboxylic acids is 2. The van der Waals surface area contributed by atoms with Gasteiger partial charge in [-0.25, -0.2) is 19.4 Å². The minimum atomic E-state index is -1.000. The molecule has 100 valence electrons. The molecule has 0 saturated carbocycles. The molecule has 0 bridgehead atoms. The molecule has 0 amide bonds. The molecule has 0 rings (SSSR count). The van der Waals surface area contributed by atoms with E-state index in [2.05, 4.69) is 22.9 Å². The number of carboxylic acids is 1. The Balaban J connectivity index is 0. The monoisotopic (exact) mass is 255 g/mol. The van der Waals surface area contributed by atoms with Gasteiger partial charge in [0.15, 0.2) is 0 Å². The van der Waals surface area contributed by atoms with Gasteiger partial charge in [-0.05, 0) is 19.8 Å². The Kier molecular flexibility index (Phi) is 11.4. The topological polar surface area (TPSA) is 93.0 Å². The van der Waals surface area contributed by atoms with Crippen LogP contribution in [0.2, 0.25) is 0 Å². The quantitative estimate of drug-likeness (QED) is 0.255. The molecule has 0 atom stereocenters. The van der Waals surface area contributed by atoms with E-state index in [1.807, 2.05) is 0 Å². The minimum Gasteiger partial charge on any atom is -0.478 e. The highest BCUT2D eigenvalue weighted by atomic mass is 16.5. The van der Waals surface area contributed by atoms with Gasteiger partial charge < -0.3 is 9.84 Å². The lowest BCUT2D eigenvalue weighted by Crippen LogP contribution is -1.99. The van der Waals surface area contributed by atoms with Crippen molar-refractivity contribution in [2.24, 2.45) is 4.99 Å². The summed E-state index contributed by atoms with van der Waals surface area (Å²) in [6, 6.07) is 0. The molecule has 0 aliphatic heterocycles. The van der Waals surface area contributed by atoms with Crippen LogP contribution in [0.5, 0.6) is 0 Å². The van der Waals surface area contributed by atoms with Crippen LogP contribution >= 0.6 is 0 Å². The molecule has 1 N–H and O–H groups in total. The van der Waals surface area contributed by atoms with E-state index in [0.717, 1.165) is 0 Å². The van der Waals surface area contributed by atoms with E-state index < -0.39 is 5.97 Å². The first kappa shape index (κ1) is 18.2. The van der Waals surface area contributed by atoms with Crippen molar-refractivity contribution in [1.82, 2.24) is 0 Å². The van der Waals surface area contributed by atoms with Gasteiger partial charge in [0, 0.05) is 11.1 Å². The van der Waals surface area contributed by atoms with Crippen LogP contribution in [0.15, 0.2) is 29.3 Å². The van der Waals surface area contributed by atoms with Gasteiger partial charge in [0.05, 0.1) is 13.7 Å². The molecule has 0 radical (unpaired) electrons. The number of nitrogens with zero attached hydrogens (tertiary/aromatic N) is 1. The van der Waals surface area contributed by atoms with Gasteiger partial charge in [-0.15, -0.1) is 0 Å². The number of carboxylic acid groups (broad SMARTS) is 1. The molecule has 6 heteroatoms. The highest BCUT2D eigenvalue weighted by Crippen LogP contribution is 2.01. The zero-order valence-corrected chi connectivity index (χ0v) is 10.6. The van der Waals surface area contributed by atoms with Gasteiger partial charge >= 0.3 is 11.9 Å². The SMILES string of the molecule is C=C(C)C(=O)OC.C=C(CCCN=C=O)C(=O)O. The number of isocyanates is 1. The summed E-state index contributed by atoms with van der Waals surface area (Å²) >= 11 is 0. The maximum absolute atomic E-state index is 10.2. The van der Waals surface area contributed by atoms with Gasteiger partial charge in [-0.1, -0.05) is 13.2 Å². The summed E-state index contributed by atoms with van der Waals surface area (Å²) < 4.78 is 4.27. The van der Waals surface area contributed by atoms with Crippen molar-refractivity contribution in [3.63, 3.8) is 0 Å². The average Bonchev–Trinajstić information content (AvgIpc) is 2.33. The van der Waals surface area contributed by atoms with Crippen molar-refractivity contribution in [3.05, 3.63) is 24.3 Å². The van der Waals surface area contributed by atoms with Gasteiger partial charge in [0.2, 0.25) is 6.08 Å². The van der Waals surface area contributed by atoms with Crippen molar-refractivity contribution in [2.45, 2.75) is 19.8 Å². The van der Waals surface area contributed by atoms with Crippen molar-refractivity contribution in [3.8, 4) is 0 Å². The van der Waals surface area contributed by atoms with Gasteiger partial charge in [-0.2, -0.15) is 0 Å². The predicted molar refractivity (Wildman–Crippen MR) is 65.8 cm³/mol. The molecular weight excluding hydrogens is 238 g/mol. The smallest absolute Gasteiger partial charge is 0.332 e. The predicted octanol–water partition coefficient (Wildman–Crippen LogP) is 1.48. The summed E-state index contributed by atoms with van der Waals surface area (Å²) in [6.45, 7) is 8.58. The average molecular weight is 255 g/mol. The Hall–Kier alpha value is -2.20. The molecule has 0 unspecified atom stereocenters. The van der Waals surface area contributed by atoms with E-state index in [9.17, 15) is 14.4 Å². The van der Waals surface area contributed by atoms with Crippen LogP contribution in [-0.4, -0.2) is 36.8 Å². The molecule has 18 heavy (non-hydrogen) atoms. The molecule has 6 nitrogen and oxygen atoms in total. The molecule has 0 heterocycles. The molecule has 0 spiro atoms. The Morgan fingerprint density at radius 1 is 1.39 bits per heavy atom. The van der Waals surface area contributed by atoms with E-state index in [-0.39, 0.29) is 11.5 Å². The number of methoxy groups -OCH3 is 1. The van der Waals surface area contributed by atoms with E-state index in [1.54, 1.807) is 6.92 Å². The molecule has 0 aromatic heterocycles. The second-order valence-corrected chi connectivity index (χ2v) is 3.26. The second-order valence-electron chi connectivity index (χ2n) is 3.26. The molecule has 0 aromatic rings. The van der Waals surface area contributed by atoms with Crippen LogP contribution in [0, 0.1) is 0 Å². The molecular formula is C12H17NO5. The third kappa shape index (κ3) is 11.9. The highest BCUT2D eigenvalue weighted by molar-refractivity contribution is 5.86. The van der Waals surface area contributed by atoms with E-state index in [4.69, 9.17) is 5.11 Å². The first-order valence-electron chi connectivity index (χ1n) is 5.05. The number of esters is 1. The fourth-order valence-corrected chi connectivity index (χ4v) is 0.698. The number of hydrogen-bond acceptors (Lipinski definition) is 5. The van der Waals surface area contributed by atoms with Gasteiger partial charge in [-0.3, -0.25) is 0 Å². The summed E-state index contributed by atoms with van der Waals surface area (Å²) in [5, 5.41) is 8.33. The number of hydrogen-bond donors (Lipinski definition) is 1. The number of aliphatic carboxylic acids is 1. The third-order valence-electron chi connectivity index (χ3n) is 1.65. The standard InChI is InChI=1S/C7H9NO3.C5H8O2/c1-6(7(10)11)3-2-4-8-5-9;1-4(2)5(6)7-3/h1-4H2,(H,10,11);1H2,2-3H3. The Morgan fingerprint density at radius 2 is 1.94 bits per heavy atom. The normalized spacial score (nSPS) is 8.11. The van der Waals surface area contributed by atoms with Gasteiger partial charge in [0.25, 0.3) is 0 Å². The third-order valence-corrected chi connectivity index (χ3v) is 1.65. The zero-order valence-electron chi connectivity index (χ0n) is 10.6. The molecule has 0 saturated heterocycles.